The minimum atomic E-state index is 0.144. The third kappa shape index (κ3) is 2.13. The minimum absolute atomic E-state index is 0.144. The molecule has 0 radical (unpaired) electrons. The number of rotatable bonds is 3. The number of hydrogen-bond donors (Lipinski definition) is 2. The molecule has 0 spiro atoms. The van der Waals surface area contributed by atoms with E-state index in [1.165, 1.54) is 0 Å². The Morgan fingerprint density at radius 2 is 2.42 bits per heavy atom. The van der Waals surface area contributed by atoms with Gasteiger partial charge in [-0.15, -0.1) is 5.10 Å². The largest absolute Gasteiger partial charge is 0.396 e. The summed E-state index contributed by atoms with van der Waals surface area (Å²) in [5.41, 5.74) is 6.12. The van der Waals surface area contributed by atoms with Crippen molar-refractivity contribution >= 4 is 5.95 Å². The molecule has 0 saturated carbocycles. The minimum Gasteiger partial charge on any atom is -0.396 e. The van der Waals surface area contributed by atoms with Crippen LogP contribution in [0.2, 0.25) is 0 Å². The molecule has 1 unspecified atom stereocenters. The van der Waals surface area contributed by atoms with Crippen molar-refractivity contribution in [1.82, 2.24) is 15.2 Å². The first-order chi connectivity index (χ1) is 5.74. The first-order valence-corrected chi connectivity index (χ1v) is 3.80. The fraction of sp³-hybridized carbons (Fsp3) is 0.571. The molecule has 0 aliphatic heterocycles. The Kier molecular flexibility index (Phi) is 2.93. The van der Waals surface area contributed by atoms with Crippen LogP contribution in [0.3, 0.4) is 0 Å². The van der Waals surface area contributed by atoms with Crippen LogP contribution in [0, 0.1) is 0 Å². The van der Waals surface area contributed by atoms with Gasteiger partial charge in [-0.05, 0) is 6.42 Å². The quantitative estimate of drug-likeness (QED) is 0.660. The zero-order valence-electron chi connectivity index (χ0n) is 6.94. The molecule has 0 saturated heterocycles. The van der Waals surface area contributed by atoms with E-state index in [-0.39, 0.29) is 18.5 Å². The number of nitrogens with two attached hydrogens (primary N) is 1. The lowest BCUT2D eigenvalue weighted by Gasteiger charge is -2.07. The Hall–Kier alpha value is -1.23. The number of nitrogen functional groups attached to an aromatic ring is 1. The average Bonchev–Trinajstić information content (AvgIpc) is 2.05. The highest BCUT2D eigenvalue weighted by Gasteiger charge is 2.06. The summed E-state index contributed by atoms with van der Waals surface area (Å²) in [5, 5.41) is 15.9. The van der Waals surface area contributed by atoms with Crippen molar-refractivity contribution in [3.05, 3.63) is 11.9 Å². The van der Waals surface area contributed by atoms with Gasteiger partial charge in [0.2, 0.25) is 5.95 Å². The second kappa shape index (κ2) is 3.96. The molecule has 0 fully saturated rings. The highest BCUT2D eigenvalue weighted by Crippen LogP contribution is 2.14. The number of aromatic nitrogens is 3. The molecule has 1 aromatic rings. The molecule has 1 aromatic heterocycles. The maximum absolute atomic E-state index is 8.67. The topological polar surface area (TPSA) is 84.9 Å². The summed E-state index contributed by atoms with van der Waals surface area (Å²) < 4.78 is 0. The number of anilines is 1. The van der Waals surface area contributed by atoms with Crippen LogP contribution in [0.4, 0.5) is 5.95 Å². The second-order valence-electron chi connectivity index (χ2n) is 2.65. The van der Waals surface area contributed by atoms with Gasteiger partial charge < -0.3 is 10.8 Å². The molecule has 0 aliphatic rings. The van der Waals surface area contributed by atoms with Gasteiger partial charge in [-0.3, -0.25) is 0 Å². The summed E-state index contributed by atoms with van der Waals surface area (Å²) in [5.74, 6) is 0.352. The summed E-state index contributed by atoms with van der Waals surface area (Å²) in [6, 6.07) is 0. The smallest absolute Gasteiger partial charge is 0.240 e. The zero-order chi connectivity index (χ0) is 8.97. The lowest BCUT2D eigenvalue weighted by molar-refractivity contribution is 0.277. The van der Waals surface area contributed by atoms with Crippen LogP contribution >= 0.6 is 0 Å². The zero-order valence-corrected chi connectivity index (χ0v) is 6.94. The van der Waals surface area contributed by atoms with Crippen molar-refractivity contribution < 1.29 is 5.11 Å². The van der Waals surface area contributed by atoms with Crippen LogP contribution in [0.15, 0.2) is 6.20 Å². The molecule has 3 N–H and O–H groups in total. The van der Waals surface area contributed by atoms with Crippen molar-refractivity contribution in [3.8, 4) is 0 Å². The average molecular weight is 168 g/mol. The predicted octanol–water partition coefficient (Wildman–Crippen LogP) is -0.0603. The summed E-state index contributed by atoms with van der Waals surface area (Å²) in [6.45, 7) is 2.10. The SMILES string of the molecule is CC(CCO)c1cnnc(N)n1. The number of aliphatic hydroxyl groups excluding tert-OH is 1. The maximum Gasteiger partial charge on any atom is 0.240 e. The van der Waals surface area contributed by atoms with E-state index in [1.54, 1.807) is 6.20 Å². The third-order valence-electron chi connectivity index (χ3n) is 1.66. The summed E-state index contributed by atoms with van der Waals surface area (Å²) >= 11 is 0. The molecule has 0 aliphatic carbocycles. The van der Waals surface area contributed by atoms with Gasteiger partial charge in [-0.1, -0.05) is 6.92 Å². The lowest BCUT2D eigenvalue weighted by Crippen LogP contribution is -2.05. The molecule has 66 valence electrons. The molecule has 12 heavy (non-hydrogen) atoms. The number of hydrogen-bond acceptors (Lipinski definition) is 5. The summed E-state index contributed by atoms with van der Waals surface area (Å²) in [4.78, 5) is 3.98. The van der Waals surface area contributed by atoms with Crippen LogP contribution in [-0.4, -0.2) is 26.9 Å². The highest BCUT2D eigenvalue weighted by molar-refractivity contribution is 5.15. The van der Waals surface area contributed by atoms with E-state index in [9.17, 15) is 0 Å². The summed E-state index contributed by atoms with van der Waals surface area (Å²) in [6.07, 6.45) is 2.23. The van der Waals surface area contributed by atoms with Gasteiger partial charge in [0.05, 0.1) is 11.9 Å². The molecular formula is C7H12N4O. The lowest BCUT2D eigenvalue weighted by atomic mass is 10.1. The second-order valence-corrected chi connectivity index (χ2v) is 2.65. The normalized spacial score (nSPS) is 12.8. The molecule has 1 atom stereocenters. The van der Waals surface area contributed by atoms with E-state index in [0.29, 0.717) is 6.42 Å². The van der Waals surface area contributed by atoms with Gasteiger partial charge in [0.15, 0.2) is 0 Å². The van der Waals surface area contributed by atoms with Crippen LogP contribution < -0.4 is 5.73 Å². The van der Waals surface area contributed by atoms with Crippen molar-refractivity contribution in [2.75, 3.05) is 12.3 Å². The van der Waals surface area contributed by atoms with Crippen molar-refractivity contribution in [1.29, 1.82) is 0 Å². The van der Waals surface area contributed by atoms with Gasteiger partial charge in [0.25, 0.3) is 0 Å². The molecular weight excluding hydrogens is 156 g/mol. The highest BCUT2D eigenvalue weighted by atomic mass is 16.3. The Balaban J connectivity index is 2.73. The van der Waals surface area contributed by atoms with E-state index >= 15 is 0 Å². The van der Waals surface area contributed by atoms with Crippen LogP contribution in [0.1, 0.15) is 25.0 Å². The maximum atomic E-state index is 8.67. The van der Waals surface area contributed by atoms with Crippen molar-refractivity contribution in [3.63, 3.8) is 0 Å². The van der Waals surface area contributed by atoms with Crippen LogP contribution in [-0.2, 0) is 0 Å². The van der Waals surface area contributed by atoms with Crippen LogP contribution in [0.5, 0.6) is 0 Å². The summed E-state index contributed by atoms with van der Waals surface area (Å²) in [7, 11) is 0. The first kappa shape index (κ1) is 8.86. The molecule has 0 aromatic carbocycles. The fourth-order valence-corrected chi connectivity index (χ4v) is 0.910. The molecule has 0 bridgehead atoms. The van der Waals surface area contributed by atoms with Crippen molar-refractivity contribution in [2.45, 2.75) is 19.3 Å². The predicted molar refractivity (Wildman–Crippen MR) is 44.4 cm³/mol. The third-order valence-corrected chi connectivity index (χ3v) is 1.66. The molecule has 1 heterocycles. The van der Waals surface area contributed by atoms with E-state index in [1.807, 2.05) is 6.92 Å². The first-order valence-electron chi connectivity index (χ1n) is 3.80. The monoisotopic (exact) mass is 168 g/mol. The van der Waals surface area contributed by atoms with E-state index in [4.69, 9.17) is 10.8 Å². The number of aliphatic hydroxyl groups is 1. The van der Waals surface area contributed by atoms with Crippen LogP contribution in [0.25, 0.3) is 0 Å². The standard InChI is InChI=1S/C7H12N4O/c1-5(2-3-12)6-4-9-11-7(8)10-6/h4-5,12H,2-3H2,1H3,(H2,8,10,11). The van der Waals surface area contributed by atoms with E-state index in [0.717, 1.165) is 5.69 Å². The van der Waals surface area contributed by atoms with Gasteiger partial charge in [-0.25, -0.2) is 4.98 Å². The van der Waals surface area contributed by atoms with Gasteiger partial charge in [0, 0.05) is 12.5 Å². The van der Waals surface area contributed by atoms with Gasteiger partial charge in [0.1, 0.15) is 0 Å². The molecule has 0 amide bonds. The fourth-order valence-electron chi connectivity index (χ4n) is 0.910. The molecule has 5 heteroatoms. The van der Waals surface area contributed by atoms with E-state index in [2.05, 4.69) is 15.2 Å². The Labute approximate surface area is 70.7 Å². The van der Waals surface area contributed by atoms with Crippen molar-refractivity contribution in [2.24, 2.45) is 0 Å². The number of nitrogens with zero attached hydrogens (tertiary/aromatic N) is 3. The molecule has 5 nitrogen and oxygen atoms in total. The van der Waals surface area contributed by atoms with Gasteiger partial charge in [-0.2, -0.15) is 5.10 Å². The van der Waals surface area contributed by atoms with E-state index < -0.39 is 0 Å². The molecule has 1 rings (SSSR count). The Bertz CT molecular complexity index is 253. The Morgan fingerprint density at radius 3 is 3.00 bits per heavy atom. The Morgan fingerprint density at radius 1 is 1.67 bits per heavy atom. The van der Waals surface area contributed by atoms with Gasteiger partial charge >= 0.3 is 0 Å².